The zero-order chi connectivity index (χ0) is 43.6. The molecule has 0 radical (unpaired) electrons. The van der Waals surface area contributed by atoms with E-state index in [0.717, 1.165) is 63.5 Å². The number of hydrogen-bond acceptors (Lipinski definition) is 12. The Morgan fingerprint density at radius 3 is 1.58 bits per heavy atom. The second kappa shape index (κ2) is 19.9. The van der Waals surface area contributed by atoms with Gasteiger partial charge in [-0.3, -0.25) is 0 Å². The van der Waals surface area contributed by atoms with E-state index in [9.17, 15) is 30.8 Å². The van der Waals surface area contributed by atoms with Gasteiger partial charge in [-0.2, -0.15) is 4.39 Å². The summed E-state index contributed by atoms with van der Waals surface area (Å²) >= 11 is 0. The highest BCUT2D eigenvalue weighted by Crippen LogP contribution is 2.38. The number of nitrogens with zero attached hydrogens (tertiary/aromatic N) is 4. The average molecular weight is 845 g/mol. The highest BCUT2D eigenvalue weighted by molar-refractivity contribution is 7.89. The Balaban J connectivity index is 0.000000329. The standard InChI is InChI=1S/C19H32N4O4S.C14H28N2O2.C5H5FN2O2S/c1-18(2,3)27-17(24)23-14(11-12-19(23,4)5)8-7-13-21-15-9-6-10-16(22-15)28(20,25)26;1-13(2,3)18-12(17)16-11(7-6-10-15)8-9-14(16,4)5;6-4-2-1-3-5(8-4)11(7,9)10/h6,9-10,14H,7-8,11-13H2,1-5H3,(H,21,22)(H2,20,25,26);11H,6-10,15H2,1-5H3;1-3H,(H2,7,9,10). The fourth-order valence-electron chi connectivity index (χ4n) is 6.62. The monoisotopic (exact) mass is 844 g/mol. The van der Waals surface area contributed by atoms with Crippen molar-refractivity contribution >= 4 is 38.1 Å². The SMILES string of the molecule is CC(C)(C)OC(=O)N1C(CCCN)CCC1(C)C.CC(C)(C)OC(=O)N1C(CCCNc2cccc(S(N)(=O)=O)n2)CCC1(C)C.NS(=O)(=O)c1cccc(F)n1. The van der Waals surface area contributed by atoms with Gasteiger partial charge >= 0.3 is 12.2 Å². The molecule has 0 bridgehead atoms. The first-order valence-corrected chi connectivity index (χ1v) is 22.2. The van der Waals surface area contributed by atoms with Crippen LogP contribution in [0.4, 0.5) is 19.8 Å². The van der Waals surface area contributed by atoms with Crippen molar-refractivity contribution in [2.75, 3.05) is 18.4 Å². The van der Waals surface area contributed by atoms with E-state index in [1.807, 2.05) is 51.3 Å². The van der Waals surface area contributed by atoms with Crippen molar-refractivity contribution in [1.82, 2.24) is 19.8 Å². The van der Waals surface area contributed by atoms with Crippen LogP contribution in [0.15, 0.2) is 46.5 Å². The van der Waals surface area contributed by atoms with E-state index in [2.05, 4.69) is 48.1 Å². The first-order chi connectivity index (χ1) is 26.0. The molecule has 57 heavy (non-hydrogen) atoms. The van der Waals surface area contributed by atoms with Gasteiger partial charge in [-0.25, -0.2) is 46.7 Å². The van der Waals surface area contributed by atoms with Crippen LogP contribution in [-0.2, 0) is 29.5 Å². The molecule has 0 aromatic carbocycles. The quantitative estimate of drug-likeness (QED) is 0.162. The largest absolute Gasteiger partial charge is 0.444 e. The van der Waals surface area contributed by atoms with Gasteiger partial charge in [0.1, 0.15) is 17.0 Å². The maximum absolute atomic E-state index is 12.7. The summed E-state index contributed by atoms with van der Waals surface area (Å²) in [5, 5.41) is 12.3. The van der Waals surface area contributed by atoms with Crippen molar-refractivity contribution < 1.29 is 40.3 Å². The van der Waals surface area contributed by atoms with Crippen LogP contribution >= 0.6 is 0 Å². The summed E-state index contributed by atoms with van der Waals surface area (Å²) in [4.78, 5) is 35.9. The molecule has 0 saturated carbocycles. The number of amides is 2. The number of carbonyl (C=O) groups is 2. The Kier molecular flexibility index (Phi) is 17.3. The zero-order valence-electron chi connectivity index (χ0n) is 35.2. The lowest BCUT2D eigenvalue weighted by atomic mass is 10.0. The van der Waals surface area contributed by atoms with E-state index < -0.39 is 42.2 Å². The lowest BCUT2D eigenvalue weighted by Crippen LogP contribution is -2.49. The van der Waals surface area contributed by atoms with Crippen LogP contribution in [0.5, 0.6) is 0 Å². The lowest BCUT2D eigenvalue weighted by molar-refractivity contribution is 0.00167. The predicted octanol–water partition coefficient (Wildman–Crippen LogP) is 5.87. The molecule has 2 atom stereocenters. The van der Waals surface area contributed by atoms with Crippen molar-refractivity contribution in [3.63, 3.8) is 0 Å². The number of sulfonamides is 2. The lowest BCUT2D eigenvalue weighted by Gasteiger charge is -2.37. The summed E-state index contributed by atoms with van der Waals surface area (Å²) in [5.41, 5.74) is 4.26. The van der Waals surface area contributed by atoms with Crippen molar-refractivity contribution in [1.29, 1.82) is 0 Å². The van der Waals surface area contributed by atoms with Crippen LogP contribution in [0.3, 0.4) is 0 Å². The third-order valence-corrected chi connectivity index (χ3v) is 10.8. The fourth-order valence-corrected chi connectivity index (χ4v) is 7.59. The van der Waals surface area contributed by atoms with E-state index in [1.54, 1.807) is 12.1 Å². The van der Waals surface area contributed by atoms with Gasteiger partial charge in [0.15, 0.2) is 10.1 Å². The molecule has 4 rings (SSSR count). The summed E-state index contributed by atoms with van der Waals surface area (Å²) in [5.74, 6) is -0.404. The van der Waals surface area contributed by atoms with Crippen molar-refractivity contribution in [3.05, 3.63) is 42.3 Å². The van der Waals surface area contributed by atoms with Crippen LogP contribution in [0.1, 0.15) is 121 Å². The molecule has 2 aliphatic heterocycles. The van der Waals surface area contributed by atoms with E-state index in [0.29, 0.717) is 18.9 Å². The molecule has 2 amide bonds. The third kappa shape index (κ3) is 16.6. The van der Waals surface area contributed by atoms with Gasteiger partial charge in [0.25, 0.3) is 20.0 Å². The molecule has 2 aromatic rings. The molecule has 324 valence electrons. The average Bonchev–Trinajstić information content (AvgIpc) is 3.53. The number of ether oxygens (including phenoxy) is 2. The molecule has 2 fully saturated rings. The van der Waals surface area contributed by atoms with Crippen LogP contribution in [0.25, 0.3) is 0 Å². The summed E-state index contributed by atoms with van der Waals surface area (Å²) in [6.07, 6.45) is 7.05. The molecular weight excluding hydrogens is 780 g/mol. The topological polar surface area (TPSA) is 243 Å². The van der Waals surface area contributed by atoms with Gasteiger partial charge in [0.2, 0.25) is 5.95 Å². The minimum atomic E-state index is -3.88. The van der Waals surface area contributed by atoms with Gasteiger partial charge in [0.05, 0.1) is 0 Å². The molecule has 4 heterocycles. The van der Waals surface area contributed by atoms with Gasteiger partial charge in [0, 0.05) is 29.7 Å². The Hall–Kier alpha value is -3.65. The second-order valence-corrected chi connectivity index (χ2v) is 20.5. The fraction of sp³-hybridized carbons (Fsp3) is 0.684. The smallest absolute Gasteiger partial charge is 0.410 e. The Morgan fingerprint density at radius 1 is 0.772 bits per heavy atom. The number of rotatable bonds is 10. The molecule has 2 saturated heterocycles. The maximum Gasteiger partial charge on any atom is 0.410 e. The highest BCUT2D eigenvalue weighted by Gasteiger charge is 2.45. The molecule has 0 aliphatic carbocycles. The van der Waals surface area contributed by atoms with Gasteiger partial charge < -0.3 is 30.3 Å². The van der Waals surface area contributed by atoms with Crippen LogP contribution in [0.2, 0.25) is 0 Å². The highest BCUT2D eigenvalue weighted by atomic mass is 32.2. The van der Waals surface area contributed by atoms with Crippen molar-refractivity contribution in [2.24, 2.45) is 16.0 Å². The van der Waals surface area contributed by atoms with E-state index >= 15 is 0 Å². The van der Waals surface area contributed by atoms with E-state index in [-0.39, 0.29) is 40.4 Å². The molecule has 2 aromatic heterocycles. The number of carbonyl (C=O) groups excluding carboxylic acids is 2. The first kappa shape index (κ1) is 49.5. The minimum absolute atomic E-state index is 0.110. The normalized spacial score (nSPS) is 19.1. The van der Waals surface area contributed by atoms with Gasteiger partial charge in [-0.15, -0.1) is 0 Å². The summed E-state index contributed by atoms with van der Waals surface area (Å²) in [6, 6.07) is 8.43. The summed E-state index contributed by atoms with van der Waals surface area (Å²) in [7, 11) is -7.70. The number of likely N-dealkylation sites (tertiary alicyclic amines) is 2. The molecule has 2 aliphatic rings. The number of nitrogens with two attached hydrogens (primary N) is 3. The molecule has 19 heteroatoms. The molecule has 16 nitrogen and oxygen atoms in total. The van der Waals surface area contributed by atoms with E-state index in [1.165, 1.54) is 12.1 Å². The number of halogens is 1. The van der Waals surface area contributed by atoms with Crippen LogP contribution in [0, 0.1) is 5.95 Å². The van der Waals surface area contributed by atoms with Gasteiger partial charge in [-0.1, -0.05) is 12.1 Å². The third-order valence-electron chi connectivity index (χ3n) is 9.15. The Bertz CT molecular complexity index is 1870. The molecule has 0 spiro atoms. The number of nitrogens with one attached hydrogen (secondary N) is 1. The number of pyridine rings is 2. The number of anilines is 1. The van der Waals surface area contributed by atoms with Crippen LogP contribution in [-0.4, -0.2) is 96.2 Å². The summed E-state index contributed by atoms with van der Waals surface area (Å²) < 4.78 is 67.2. The number of primary sulfonamides is 2. The molecule has 7 N–H and O–H groups in total. The number of hydrogen-bond donors (Lipinski definition) is 4. The molecule has 2 unspecified atom stereocenters. The predicted molar refractivity (Wildman–Crippen MR) is 218 cm³/mol. The van der Waals surface area contributed by atoms with Gasteiger partial charge in [-0.05, 0) is 151 Å². The Labute approximate surface area is 338 Å². The Morgan fingerprint density at radius 2 is 1.19 bits per heavy atom. The van der Waals surface area contributed by atoms with Crippen molar-refractivity contribution in [2.45, 2.75) is 165 Å². The number of aromatic nitrogens is 2. The van der Waals surface area contributed by atoms with E-state index in [4.69, 9.17) is 20.3 Å². The zero-order valence-corrected chi connectivity index (χ0v) is 36.8. The maximum atomic E-state index is 12.7. The van der Waals surface area contributed by atoms with Crippen molar-refractivity contribution in [3.8, 4) is 0 Å². The molecular formula is C38H65FN8O8S2. The second-order valence-electron chi connectivity index (χ2n) is 17.5. The first-order valence-electron chi connectivity index (χ1n) is 19.1. The summed E-state index contributed by atoms with van der Waals surface area (Å²) in [6.45, 7) is 21.0. The minimum Gasteiger partial charge on any atom is -0.444 e. The van der Waals surface area contributed by atoms with Crippen LogP contribution < -0.4 is 21.3 Å².